The van der Waals surface area contributed by atoms with E-state index >= 15 is 0 Å². The third-order valence-corrected chi connectivity index (χ3v) is 4.81. The van der Waals surface area contributed by atoms with Gasteiger partial charge in [-0.25, -0.2) is 0 Å². The highest BCUT2D eigenvalue weighted by molar-refractivity contribution is 5.83. The summed E-state index contributed by atoms with van der Waals surface area (Å²) in [5.74, 6) is -0.0396. The molecule has 128 valence electrons. The molecule has 0 amide bonds. The third kappa shape index (κ3) is 4.79. The van der Waals surface area contributed by atoms with E-state index in [1.165, 1.54) is 0 Å². The molecule has 1 fully saturated rings. The van der Waals surface area contributed by atoms with Gasteiger partial charge in [-0.3, -0.25) is 4.79 Å². The van der Waals surface area contributed by atoms with Crippen LogP contribution in [0, 0.1) is 0 Å². The van der Waals surface area contributed by atoms with E-state index in [1.807, 2.05) is 18.2 Å². The Hall–Kier alpha value is -1.39. The maximum Gasteiger partial charge on any atom is 0.316 e. The summed E-state index contributed by atoms with van der Waals surface area (Å²) in [4.78, 5) is 17.1. The number of nitrogens with zero attached hydrogens (tertiary/aromatic N) is 2. The number of carbonyl (C=O) groups is 1. The second-order valence-electron chi connectivity index (χ2n) is 6.90. The van der Waals surface area contributed by atoms with Crippen LogP contribution in [-0.2, 0) is 14.9 Å². The zero-order valence-corrected chi connectivity index (χ0v) is 14.8. The molecular weight excluding hydrogens is 288 g/mol. The van der Waals surface area contributed by atoms with Crippen LogP contribution >= 0.6 is 0 Å². The van der Waals surface area contributed by atoms with Crippen LogP contribution in [0.25, 0.3) is 0 Å². The molecule has 23 heavy (non-hydrogen) atoms. The molecule has 0 saturated heterocycles. The van der Waals surface area contributed by atoms with Crippen molar-refractivity contribution in [3.63, 3.8) is 0 Å². The number of rotatable bonds is 8. The molecule has 1 saturated carbocycles. The van der Waals surface area contributed by atoms with Crippen molar-refractivity contribution in [2.45, 2.75) is 31.1 Å². The minimum Gasteiger partial charge on any atom is -0.464 e. The van der Waals surface area contributed by atoms with Gasteiger partial charge < -0.3 is 14.5 Å². The van der Waals surface area contributed by atoms with E-state index < -0.39 is 5.41 Å². The molecule has 4 heteroatoms. The standard InChI is InChI=1S/C19H30N2O2/c1-20(2)13-14-21(3)15-16-23-18(22)19(11-7-8-12-19)17-9-5-4-6-10-17/h4-6,9-10H,7-8,11-16H2,1-3H3. The van der Waals surface area contributed by atoms with Gasteiger partial charge >= 0.3 is 5.97 Å². The number of hydrogen-bond acceptors (Lipinski definition) is 4. The van der Waals surface area contributed by atoms with E-state index in [2.05, 4.69) is 43.1 Å². The van der Waals surface area contributed by atoms with Gasteiger partial charge in [0.25, 0.3) is 0 Å². The molecule has 0 aliphatic heterocycles. The largest absolute Gasteiger partial charge is 0.464 e. The molecule has 0 atom stereocenters. The Balaban J connectivity index is 1.88. The monoisotopic (exact) mass is 318 g/mol. The fraction of sp³-hybridized carbons (Fsp3) is 0.632. The minimum absolute atomic E-state index is 0.0396. The first-order valence-corrected chi connectivity index (χ1v) is 8.61. The van der Waals surface area contributed by atoms with Gasteiger partial charge in [-0.2, -0.15) is 0 Å². The third-order valence-electron chi connectivity index (χ3n) is 4.81. The molecule has 0 N–H and O–H groups in total. The predicted octanol–water partition coefficient (Wildman–Crippen LogP) is 2.54. The number of ether oxygens (including phenoxy) is 1. The minimum atomic E-state index is -0.413. The molecule has 1 aromatic rings. The van der Waals surface area contributed by atoms with Gasteiger partial charge in [0.1, 0.15) is 6.61 Å². The zero-order valence-electron chi connectivity index (χ0n) is 14.8. The van der Waals surface area contributed by atoms with Crippen LogP contribution in [-0.4, -0.2) is 63.2 Å². The van der Waals surface area contributed by atoms with Crippen molar-refractivity contribution in [3.05, 3.63) is 35.9 Å². The van der Waals surface area contributed by atoms with E-state index in [0.717, 1.165) is 50.9 Å². The summed E-state index contributed by atoms with van der Waals surface area (Å²) in [6, 6.07) is 10.2. The second kappa shape index (κ2) is 8.46. The SMILES string of the molecule is CN(C)CCN(C)CCOC(=O)C1(c2ccccc2)CCCC1. The predicted molar refractivity (Wildman–Crippen MR) is 93.6 cm³/mol. The molecule has 1 aliphatic carbocycles. The highest BCUT2D eigenvalue weighted by Crippen LogP contribution is 2.42. The lowest BCUT2D eigenvalue weighted by atomic mass is 9.79. The Morgan fingerprint density at radius 2 is 1.70 bits per heavy atom. The van der Waals surface area contributed by atoms with Crippen molar-refractivity contribution in [3.8, 4) is 0 Å². The zero-order chi connectivity index (χ0) is 16.7. The fourth-order valence-electron chi connectivity index (χ4n) is 3.26. The Bertz CT molecular complexity index is 481. The van der Waals surface area contributed by atoms with Crippen molar-refractivity contribution in [1.29, 1.82) is 0 Å². The molecule has 4 nitrogen and oxygen atoms in total. The summed E-state index contributed by atoms with van der Waals surface area (Å²) in [7, 11) is 6.20. The highest BCUT2D eigenvalue weighted by Gasteiger charge is 2.43. The quantitative estimate of drug-likeness (QED) is 0.690. The molecule has 2 rings (SSSR count). The van der Waals surface area contributed by atoms with Gasteiger partial charge in [0, 0.05) is 19.6 Å². The summed E-state index contributed by atoms with van der Waals surface area (Å²) >= 11 is 0. The molecule has 1 aromatic carbocycles. The van der Waals surface area contributed by atoms with Gasteiger partial charge in [0.15, 0.2) is 0 Å². The average molecular weight is 318 g/mol. The summed E-state index contributed by atoms with van der Waals surface area (Å²) in [6.07, 6.45) is 4.03. The lowest BCUT2D eigenvalue weighted by Crippen LogP contribution is -2.37. The maximum absolute atomic E-state index is 12.8. The van der Waals surface area contributed by atoms with E-state index in [0.29, 0.717) is 6.61 Å². The second-order valence-corrected chi connectivity index (χ2v) is 6.90. The molecule has 0 unspecified atom stereocenters. The van der Waals surface area contributed by atoms with Gasteiger partial charge in [-0.15, -0.1) is 0 Å². The van der Waals surface area contributed by atoms with Gasteiger partial charge in [0.2, 0.25) is 0 Å². The first kappa shape index (κ1) is 18.0. The van der Waals surface area contributed by atoms with Gasteiger partial charge in [-0.05, 0) is 39.5 Å². The number of benzene rings is 1. The summed E-state index contributed by atoms with van der Waals surface area (Å²) in [6.45, 7) is 3.24. The number of likely N-dealkylation sites (N-methyl/N-ethyl adjacent to an activating group) is 2. The van der Waals surface area contributed by atoms with E-state index in [4.69, 9.17) is 4.74 Å². The van der Waals surface area contributed by atoms with Crippen LogP contribution < -0.4 is 0 Å². The highest BCUT2D eigenvalue weighted by atomic mass is 16.5. The van der Waals surface area contributed by atoms with Crippen LogP contribution in [0.15, 0.2) is 30.3 Å². The first-order chi connectivity index (χ1) is 11.0. The van der Waals surface area contributed by atoms with E-state index in [-0.39, 0.29) is 5.97 Å². The van der Waals surface area contributed by atoms with Crippen molar-refractivity contribution < 1.29 is 9.53 Å². The Kier molecular flexibility index (Phi) is 6.60. The van der Waals surface area contributed by atoms with E-state index in [9.17, 15) is 4.79 Å². The van der Waals surface area contributed by atoms with Crippen molar-refractivity contribution in [2.75, 3.05) is 47.4 Å². The topological polar surface area (TPSA) is 32.8 Å². The van der Waals surface area contributed by atoms with Gasteiger partial charge in [0.05, 0.1) is 5.41 Å². The van der Waals surface area contributed by atoms with Crippen molar-refractivity contribution >= 4 is 5.97 Å². The van der Waals surface area contributed by atoms with Crippen LogP contribution in [0.5, 0.6) is 0 Å². The number of esters is 1. The fourth-order valence-corrected chi connectivity index (χ4v) is 3.26. The van der Waals surface area contributed by atoms with Crippen molar-refractivity contribution in [2.24, 2.45) is 0 Å². The number of carbonyl (C=O) groups excluding carboxylic acids is 1. The van der Waals surface area contributed by atoms with Crippen LogP contribution in [0.4, 0.5) is 0 Å². The molecule has 0 spiro atoms. The first-order valence-electron chi connectivity index (χ1n) is 8.61. The van der Waals surface area contributed by atoms with Crippen LogP contribution in [0.1, 0.15) is 31.2 Å². The average Bonchev–Trinajstić information content (AvgIpc) is 3.04. The van der Waals surface area contributed by atoms with Crippen LogP contribution in [0.2, 0.25) is 0 Å². The molecule has 0 bridgehead atoms. The molecule has 0 aromatic heterocycles. The smallest absolute Gasteiger partial charge is 0.316 e. The normalized spacial score (nSPS) is 16.9. The Morgan fingerprint density at radius 1 is 1.04 bits per heavy atom. The number of hydrogen-bond donors (Lipinski definition) is 0. The molecule has 0 heterocycles. The maximum atomic E-state index is 12.8. The summed E-state index contributed by atoms with van der Waals surface area (Å²) in [5, 5.41) is 0. The summed E-state index contributed by atoms with van der Waals surface area (Å²) in [5.41, 5.74) is 0.701. The lowest BCUT2D eigenvalue weighted by molar-refractivity contribution is -0.151. The molecular formula is C19H30N2O2. The molecule has 0 radical (unpaired) electrons. The van der Waals surface area contributed by atoms with Crippen molar-refractivity contribution in [1.82, 2.24) is 9.80 Å². The van der Waals surface area contributed by atoms with Gasteiger partial charge in [-0.1, -0.05) is 43.2 Å². The Morgan fingerprint density at radius 3 is 2.30 bits per heavy atom. The molecule has 1 aliphatic rings. The summed E-state index contributed by atoms with van der Waals surface area (Å²) < 4.78 is 5.67. The van der Waals surface area contributed by atoms with Crippen LogP contribution in [0.3, 0.4) is 0 Å². The lowest BCUT2D eigenvalue weighted by Gasteiger charge is -2.28. The van der Waals surface area contributed by atoms with E-state index in [1.54, 1.807) is 0 Å². The Labute approximate surface area is 140 Å².